The van der Waals surface area contributed by atoms with Gasteiger partial charge in [-0.15, -0.1) is 0 Å². The summed E-state index contributed by atoms with van der Waals surface area (Å²) in [7, 11) is 1.59. The van der Waals surface area contributed by atoms with E-state index in [0.717, 1.165) is 44.0 Å². The third-order valence-corrected chi connectivity index (χ3v) is 4.11. The molecule has 1 saturated heterocycles. The summed E-state index contributed by atoms with van der Waals surface area (Å²) in [6.07, 6.45) is 0. The zero-order valence-electron chi connectivity index (χ0n) is 13.3. The standard InChI is InChI=1S/C19H21NO3/c1-22-18-9-5-4-8-17(18)19(21)16-7-3-2-6-15(16)14-20-10-12-23-13-11-20/h2-9H,10-14H2,1H3. The molecule has 0 unspecified atom stereocenters. The van der Waals surface area contributed by atoms with Gasteiger partial charge >= 0.3 is 0 Å². The molecule has 23 heavy (non-hydrogen) atoms. The number of ether oxygens (including phenoxy) is 2. The Bertz CT molecular complexity index is 678. The second-order valence-corrected chi connectivity index (χ2v) is 5.58. The number of morpholine rings is 1. The van der Waals surface area contributed by atoms with Crippen molar-refractivity contribution < 1.29 is 14.3 Å². The summed E-state index contributed by atoms with van der Waals surface area (Å²) < 4.78 is 10.7. The van der Waals surface area contributed by atoms with Gasteiger partial charge in [0.2, 0.25) is 0 Å². The van der Waals surface area contributed by atoms with Gasteiger partial charge in [0.25, 0.3) is 0 Å². The molecule has 4 heteroatoms. The van der Waals surface area contributed by atoms with Crippen molar-refractivity contribution in [2.45, 2.75) is 6.54 Å². The highest BCUT2D eigenvalue weighted by Crippen LogP contribution is 2.23. The van der Waals surface area contributed by atoms with Crippen LogP contribution in [0.25, 0.3) is 0 Å². The number of methoxy groups -OCH3 is 1. The predicted molar refractivity (Wildman–Crippen MR) is 89.0 cm³/mol. The van der Waals surface area contributed by atoms with Gasteiger partial charge in [-0.25, -0.2) is 0 Å². The Morgan fingerprint density at radius 2 is 1.70 bits per heavy atom. The molecule has 4 nitrogen and oxygen atoms in total. The maximum Gasteiger partial charge on any atom is 0.197 e. The number of hydrogen-bond acceptors (Lipinski definition) is 4. The monoisotopic (exact) mass is 311 g/mol. The lowest BCUT2D eigenvalue weighted by Gasteiger charge is -2.27. The number of ketones is 1. The van der Waals surface area contributed by atoms with Crippen LogP contribution in [0.3, 0.4) is 0 Å². The Labute approximate surface area is 136 Å². The summed E-state index contributed by atoms with van der Waals surface area (Å²) in [6, 6.07) is 15.2. The second kappa shape index (κ2) is 7.40. The fraction of sp³-hybridized carbons (Fsp3) is 0.316. The first-order valence-corrected chi connectivity index (χ1v) is 7.85. The molecule has 3 rings (SSSR count). The molecule has 1 aliphatic heterocycles. The summed E-state index contributed by atoms with van der Waals surface area (Å²) in [5.41, 5.74) is 2.39. The van der Waals surface area contributed by atoms with Gasteiger partial charge in [-0.1, -0.05) is 36.4 Å². The lowest BCUT2D eigenvalue weighted by Crippen LogP contribution is -2.36. The molecule has 1 heterocycles. The smallest absolute Gasteiger partial charge is 0.197 e. The Morgan fingerprint density at radius 3 is 2.43 bits per heavy atom. The number of carbonyl (C=O) groups is 1. The van der Waals surface area contributed by atoms with E-state index >= 15 is 0 Å². The first kappa shape index (κ1) is 15.7. The fourth-order valence-corrected chi connectivity index (χ4v) is 2.86. The fourth-order valence-electron chi connectivity index (χ4n) is 2.86. The van der Waals surface area contributed by atoms with Crippen molar-refractivity contribution in [3.63, 3.8) is 0 Å². The van der Waals surface area contributed by atoms with Gasteiger partial charge in [0.05, 0.1) is 25.9 Å². The third kappa shape index (κ3) is 3.60. The first-order chi connectivity index (χ1) is 11.3. The molecular formula is C19H21NO3. The van der Waals surface area contributed by atoms with Crippen molar-refractivity contribution >= 4 is 5.78 Å². The Morgan fingerprint density at radius 1 is 1.04 bits per heavy atom. The van der Waals surface area contributed by atoms with Crippen molar-refractivity contribution in [3.8, 4) is 5.75 Å². The summed E-state index contributed by atoms with van der Waals surface area (Å²) >= 11 is 0. The average molecular weight is 311 g/mol. The SMILES string of the molecule is COc1ccccc1C(=O)c1ccccc1CN1CCOCC1. The summed E-state index contributed by atoms with van der Waals surface area (Å²) in [6.45, 7) is 4.07. The van der Waals surface area contributed by atoms with E-state index in [1.807, 2.05) is 48.5 Å². The maximum absolute atomic E-state index is 13.0. The van der Waals surface area contributed by atoms with Crippen molar-refractivity contribution in [3.05, 3.63) is 65.2 Å². The normalized spacial score (nSPS) is 15.3. The predicted octanol–water partition coefficient (Wildman–Crippen LogP) is 2.76. The zero-order chi connectivity index (χ0) is 16.1. The Hall–Kier alpha value is -2.17. The minimum absolute atomic E-state index is 0.00584. The number of para-hydroxylation sites is 1. The van der Waals surface area contributed by atoms with Crippen LogP contribution in [0.4, 0.5) is 0 Å². The van der Waals surface area contributed by atoms with Crippen molar-refractivity contribution in [2.75, 3.05) is 33.4 Å². The van der Waals surface area contributed by atoms with Crippen LogP contribution < -0.4 is 4.74 Å². The van der Waals surface area contributed by atoms with Crippen LogP contribution in [0.2, 0.25) is 0 Å². The van der Waals surface area contributed by atoms with Crippen molar-refractivity contribution in [1.82, 2.24) is 4.90 Å². The van der Waals surface area contributed by atoms with Gasteiger partial charge in [-0.2, -0.15) is 0 Å². The number of rotatable bonds is 5. The molecule has 0 spiro atoms. The molecular weight excluding hydrogens is 290 g/mol. The minimum atomic E-state index is 0.00584. The molecule has 2 aromatic rings. The van der Waals surface area contributed by atoms with Crippen LogP contribution in [0, 0.1) is 0 Å². The maximum atomic E-state index is 13.0. The average Bonchev–Trinajstić information content (AvgIpc) is 2.62. The van der Waals surface area contributed by atoms with Crippen LogP contribution in [0.15, 0.2) is 48.5 Å². The number of benzene rings is 2. The molecule has 0 N–H and O–H groups in total. The zero-order valence-corrected chi connectivity index (χ0v) is 13.3. The van der Waals surface area contributed by atoms with Crippen molar-refractivity contribution in [1.29, 1.82) is 0 Å². The van der Waals surface area contributed by atoms with E-state index in [4.69, 9.17) is 9.47 Å². The van der Waals surface area contributed by atoms with E-state index < -0.39 is 0 Å². The quantitative estimate of drug-likeness (QED) is 0.796. The van der Waals surface area contributed by atoms with E-state index in [9.17, 15) is 4.79 Å². The topological polar surface area (TPSA) is 38.8 Å². The largest absolute Gasteiger partial charge is 0.496 e. The highest BCUT2D eigenvalue weighted by Gasteiger charge is 2.19. The molecule has 0 radical (unpaired) electrons. The van der Waals surface area contributed by atoms with Crippen LogP contribution in [-0.2, 0) is 11.3 Å². The van der Waals surface area contributed by atoms with Crippen LogP contribution in [0.5, 0.6) is 5.75 Å². The number of carbonyl (C=O) groups excluding carboxylic acids is 1. The summed E-state index contributed by atoms with van der Waals surface area (Å²) in [5.74, 6) is 0.616. The van der Waals surface area contributed by atoms with Gasteiger partial charge in [0, 0.05) is 25.2 Å². The molecule has 1 aliphatic rings. The van der Waals surface area contributed by atoms with Gasteiger partial charge in [-0.3, -0.25) is 9.69 Å². The van der Waals surface area contributed by atoms with E-state index in [1.54, 1.807) is 7.11 Å². The van der Waals surface area contributed by atoms with Gasteiger partial charge < -0.3 is 9.47 Å². The highest BCUT2D eigenvalue weighted by atomic mass is 16.5. The van der Waals surface area contributed by atoms with E-state index in [2.05, 4.69) is 4.90 Å². The molecule has 0 aromatic heterocycles. The van der Waals surface area contributed by atoms with E-state index in [-0.39, 0.29) is 5.78 Å². The molecule has 0 aliphatic carbocycles. The van der Waals surface area contributed by atoms with Crippen LogP contribution in [-0.4, -0.2) is 44.1 Å². The number of nitrogens with zero attached hydrogens (tertiary/aromatic N) is 1. The van der Waals surface area contributed by atoms with Gasteiger partial charge in [-0.05, 0) is 17.7 Å². The lowest BCUT2D eigenvalue weighted by atomic mass is 9.97. The summed E-state index contributed by atoms with van der Waals surface area (Å²) in [4.78, 5) is 15.3. The minimum Gasteiger partial charge on any atom is -0.496 e. The van der Waals surface area contributed by atoms with E-state index in [0.29, 0.717) is 11.3 Å². The molecule has 1 fully saturated rings. The van der Waals surface area contributed by atoms with Gasteiger partial charge in [0.15, 0.2) is 5.78 Å². The van der Waals surface area contributed by atoms with Crippen LogP contribution in [0.1, 0.15) is 21.5 Å². The first-order valence-electron chi connectivity index (χ1n) is 7.85. The lowest BCUT2D eigenvalue weighted by molar-refractivity contribution is 0.0341. The third-order valence-electron chi connectivity index (χ3n) is 4.11. The van der Waals surface area contributed by atoms with E-state index in [1.165, 1.54) is 0 Å². The molecule has 120 valence electrons. The number of hydrogen-bond donors (Lipinski definition) is 0. The highest BCUT2D eigenvalue weighted by molar-refractivity contribution is 6.11. The molecule has 0 amide bonds. The molecule has 0 bridgehead atoms. The van der Waals surface area contributed by atoms with Gasteiger partial charge in [0.1, 0.15) is 5.75 Å². The molecule has 0 atom stereocenters. The molecule has 2 aromatic carbocycles. The second-order valence-electron chi connectivity index (χ2n) is 5.58. The Kier molecular flexibility index (Phi) is 5.05. The molecule has 0 saturated carbocycles. The summed E-state index contributed by atoms with van der Waals surface area (Å²) in [5, 5.41) is 0. The van der Waals surface area contributed by atoms with Crippen LogP contribution >= 0.6 is 0 Å². The Balaban J connectivity index is 1.88. The van der Waals surface area contributed by atoms with Crippen molar-refractivity contribution in [2.24, 2.45) is 0 Å².